The lowest BCUT2D eigenvalue weighted by atomic mass is 10.1. The molecule has 3 aliphatic rings. The minimum Gasteiger partial charge on any atom is -0.342 e. The number of amides is 3. The highest BCUT2D eigenvalue weighted by atomic mass is 16.2. The van der Waals surface area contributed by atoms with E-state index in [1.165, 1.54) is 12.8 Å². The zero-order valence-electron chi connectivity index (χ0n) is 18.4. The number of carbonyl (C=O) groups is 3. The third-order valence-corrected chi connectivity index (χ3v) is 6.72. The first kappa shape index (κ1) is 21.8. The van der Waals surface area contributed by atoms with Crippen LogP contribution in [0.5, 0.6) is 0 Å². The maximum absolute atomic E-state index is 12.9. The van der Waals surface area contributed by atoms with E-state index in [0.717, 1.165) is 57.5 Å². The van der Waals surface area contributed by atoms with Gasteiger partial charge in [0.25, 0.3) is 5.91 Å². The summed E-state index contributed by atoms with van der Waals surface area (Å²) >= 11 is 0. The molecule has 4 rings (SSSR count). The lowest BCUT2D eigenvalue weighted by Gasteiger charge is -2.35. The zero-order valence-corrected chi connectivity index (χ0v) is 18.4. The largest absolute Gasteiger partial charge is 0.342 e. The third kappa shape index (κ3) is 5.64. The van der Waals surface area contributed by atoms with E-state index < -0.39 is 0 Å². The van der Waals surface area contributed by atoms with Crippen LogP contribution < -0.4 is 0 Å². The lowest BCUT2D eigenvalue weighted by molar-refractivity contribution is -0.132. The second-order valence-electron chi connectivity index (χ2n) is 8.98. The van der Waals surface area contributed by atoms with Crippen LogP contribution in [0.25, 0.3) is 0 Å². The highest BCUT2D eigenvalue weighted by Crippen LogP contribution is 2.16. The fourth-order valence-corrected chi connectivity index (χ4v) is 4.75. The topological polar surface area (TPSA) is 64.2 Å². The lowest BCUT2D eigenvalue weighted by Crippen LogP contribution is -2.51. The molecule has 0 N–H and O–H groups in total. The summed E-state index contributed by atoms with van der Waals surface area (Å²) in [7, 11) is 0. The third-order valence-electron chi connectivity index (χ3n) is 6.72. The first-order valence-corrected chi connectivity index (χ1v) is 11.8. The molecule has 1 aromatic rings. The number of likely N-dealkylation sites (tertiary alicyclic amines) is 2. The molecular formula is C24H34N4O3. The van der Waals surface area contributed by atoms with E-state index in [4.69, 9.17) is 0 Å². The van der Waals surface area contributed by atoms with E-state index >= 15 is 0 Å². The van der Waals surface area contributed by atoms with Gasteiger partial charge in [-0.1, -0.05) is 25.0 Å². The van der Waals surface area contributed by atoms with Crippen molar-refractivity contribution in [3.05, 3.63) is 35.4 Å². The molecule has 1 aromatic carbocycles. The van der Waals surface area contributed by atoms with Gasteiger partial charge in [0.15, 0.2) is 0 Å². The number of benzene rings is 1. The van der Waals surface area contributed by atoms with Crippen molar-refractivity contribution in [1.29, 1.82) is 0 Å². The van der Waals surface area contributed by atoms with E-state index in [9.17, 15) is 14.4 Å². The molecule has 0 spiro atoms. The van der Waals surface area contributed by atoms with Gasteiger partial charge >= 0.3 is 0 Å². The minimum absolute atomic E-state index is 0.0438. The molecular weight excluding hydrogens is 392 g/mol. The van der Waals surface area contributed by atoms with Gasteiger partial charge in [-0.05, 0) is 37.0 Å². The highest BCUT2D eigenvalue weighted by Gasteiger charge is 2.25. The van der Waals surface area contributed by atoms with Crippen LogP contribution in [-0.2, 0) is 16.1 Å². The highest BCUT2D eigenvalue weighted by molar-refractivity contribution is 5.94. The molecule has 31 heavy (non-hydrogen) atoms. The van der Waals surface area contributed by atoms with Crippen LogP contribution >= 0.6 is 0 Å². The van der Waals surface area contributed by atoms with Gasteiger partial charge in [0, 0.05) is 64.3 Å². The molecule has 7 nitrogen and oxygen atoms in total. The Kier molecular flexibility index (Phi) is 7.22. The Bertz CT molecular complexity index is 779. The van der Waals surface area contributed by atoms with Gasteiger partial charge in [-0.2, -0.15) is 0 Å². The monoisotopic (exact) mass is 426 g/mol. The van der Waals surface area contributed by atoms with Crippen molar-refractivity contribution < 1.29 is 14.4 Å². The Labute approximate surface area is 185 Å². The second kappa shape index (κ2) is 10.3. The van der Waals surface area contributed by atoms with Gasteiger partial charge < -0.3 is 14.7 Å². The predicted molar refractivity (Wildman–Crippen MR) is 118 cm³/mol. The molecule has 168 valence electrons. The SMILES string of the molecule is O=C(CN1CCN(C(=O)c2ccc(CN3CCCC3=O)cc2)CC1)N1CCCCCC1. The number of nitrogens with zero attached hydrogens (tertiary/aromatic N) is 4. The Balaban J connectivity index is 1.24. The van der Waals surface area contributed by atoms with Crippen molar-refractivity contribution in [3.63, 3.8) is 0 Å². The molecule has 3 heterocycles. The summed E-state index contributed by atoms with van der Waals surface area (Å²) < 4.78 is 0. The standard InChI is InChI=1S/C24H34N4O3/c29-22-6-5-13-28(22)18-20-7-9-21(10-8-20)24(31)27-16-14-25(15-17-27)19-23(30)26-11-3-1-2-4-12-26/h7-10H,1-6,11-19H2. The van der Waals surface area contributed by atoms with Crippen molar-refractivity contribution in [1.82, 2.24) is 19.6 Å². The van der Waals surface area contributed by atoms with Crippen LogP contribution in [0, 0.1) is 0 Å². The Hall–Kier alpha value is -2.41. The average Bonchev–Trinajstić information content (AvgIpc) is 3.02. The van der Waals surface area contributed by atoms with Crippen LogP contribution in [0.4, 0.5) is 0 Å². The minimum atomic E-state index is 0.0438. The predicted octanol–water partition coefficient (Wildman–Crippen LogP) is 1.97. The summed E-state index contributed by atoms with van der Waals surface area (Å²) in [5.74, 6) is 0.489. The molecule has 3 fully saturated rings. The van der Waals surface area contributed by atoms with E-state index in [-0.39, 0.29) is 17.7 Å². The average molecular weight is 427 g/mol. The second-order valence-corrected chi connectivity index (χ2v) is 8.98. The number of piperazine rings is 1. The van der Waals surface area contributed by atoms with Crippen molar-refractivity contribution in [2.24, 2.45) is 0 Å². The normalized spacial score (nSPS) is 20.8. The smallest absolute Gasteiger partial charge is 0.253 e. The van der Waals surface area contributed by atoms with Gasteiger partial charge in [0.1, 0.15) is 0 Å². The molecule has 3 amide bonds. The van der Waals surface area contributed by atoms with E-state index in [1.54, 1.807) is 0 Å². The summed E-state index contributed by atoms with van der Waals surface area (Å²) in [6, 6.07) is 7.64. The van der Waals surface area contributed by atoms with Gasteiger partial charge in [0.05, 0.1) is 6.54 Å². The van der Waals surface area contributed by atoms with Gasteiger partial charge in [-0.3, -0.25) is 19.3 Å². The first-order valence-electron chi connectivity index (χ1n) is 11.8. The summed E-state index contributed by atoms with van der Waals surface area (Å²) in [6.45, 7) is 6.46. The molecule has 0 atom stereocenters. The molecule has 0 unspecified atom stereocenters. The number of carbonyl (C=O) groups excluding carboxylic acids is 3. The molecule has 3 aliphatic heterocycles. The van der Waals surface area contributed by atoms with E-state index in [1.807, 2.05) is 39.0 Å². The maximum atomic E-state index is 12.9. The Morgan fingerprint density at radius 3 is 2.03 bits per heavy atom. The molecule has 7 heteroatoms. The van der Waals surface area contributed by atoms with E-state index in [2.05, 4.69) is 4.90 Å². The summed E-state index contributed by atoms with van der Waals surface area (Å²) in [5, 5.41) is 0. The maximum Gasteiger partial charge on any atom is 0.253 e. The fourth-order valence-electron chi connectivity index (χ4n) is 4.75. The summed E-state index contributed by atoms with van der Waals surface area (Å²) in [4.78, 5) is 45.2. The van der Waals surface area contributed by atoms with Gasteiger partial charge in [-0.15, -0.1) is 0 Å². The van der Waals surface area contributed by atoms with Crippen LogP contribution in [0.2, 0.25) is 0 Å². The van der Waals surface area contributed by atoms with E-state index in [0.29, 0.717) is 38.2 Å². The van der Waals surface area contributed by atoms with Crippen LogP contribution in [-0.4, -0.2) is 89.7 Å². The van der Waals surface area contributed by atoms with Crippen LogP contribution in [0.3, 0.4) is 0 Å². The fraction of sp³-hybridized carbons (Fsp3) is 0.625. The van der Waals surface area contributed by atoms with Crippen molar-refractivity contribution in [3.8, 4) is 0 Å². The Morgan fingerprint density at radius 2 is 1.42 bits per heavy atom. The number of hydrogen-bond acceptors (Lipinski definition) is 4. The zero-order chi connectivity index (χ0) is 21.6. The summed E-state index contributed by atoms with van der Waals surface area (Å²) in [5.41, 5.74) is 1.74. The molecule has 0 radical (unpaired) electrons. The van der Waals surface area contributed by atoms with Crippen LogP contribution in [0.15, 0.2) is 24.3 Å². The van der Waals surface area contributed by atoms with Crippen molar-refractivity contribution in [2.45, 2.75) is 45.1 Å². The van der Waals surface area contributed by atoms with Crippen LogP contribution in [0.1, 0.15) is 54.4 Å². The molecule has 0 bridgehead atoms. The van der Waals surface area contributed by atoms with Gasteiger partial charge in [-0.25, -0.2) is 0 Å². The molecule has 0 aliphatic carbocycles. The molecule has 0 saturated carbocycles. The quantitative estimate of drug-likeness (QED) is 0.722. The summed E-state index contributed by atoms with van der Waals surface area (Å²) in [6.07, 6.45) is 6.25. The first-order chi connectivity index (χ1) is 15.1. The number of hydrogen-bond donors (Lipinski definition) is 0. The van der Waals surface area contributed by atoms with Gasteiger partial charge in [0.2, 0.25) is 11.8 Å². The molecule has 3 saturated heterocycles. The Morgan fingerprint density at radius 1 is 0.742 bits per heavy atom. The van der Waals surface area contributed by atoms with Crippen molar-refractivity contribution in [2.75, 3.05) is 52.4 Å². The van der Waals surface area contributed by atoms with Crippen molar-refractivity contribution >= 4 is 17.7 Å². The molecule has 0 aromatic heterocycles. The number of rotatable bonds is 5.